The molecule has 21 rings (SSSR count). The summed E-state index contributed by atoms with van der Waals surface area (Å²) < 4.78 is 16.7. The third-order valence-electron chi connectivity index (χ3n) is 21.6. The molecule has 20 aromatic rings. The monoisotopic (exact) mass is 1860 g/mol. The van der Waals surface area contributed by atoms with Crippen molar-refractivity contribution < 1.29 is 25.2 Å². The van der Waals surface area contributed by atoms with Crippen molar-refractivity contribution in [3.8, 4) is 51.5 Å². The molecule has 0 saturated heterocycles. The predicted octanol–water partition coefficient (Wildman–Crippen LogP) is 25.9. The summed E-state index contributed by atoms with van der Waals surface area (Å²) in [5, 5.41) is 54.1. The van der Waals surface area contributed by atoms with Gasteiger partial charge in [-0.05, 0) is 260 Å². The molecule has 15 aromatic carbocycles. The van der Waals surface area contributed by atoms with Crippen molar-refractivity contribution in [2.24, 2.45) is 11.5 Å². The van der Waals surface area contributed by atoms with Gasteiger partial charge in [0.15, 0.2) is 17.2 Å². The summed E-state index contributed by atoms with van der Waals surface area (Å²) in [5.74, 6) is 1.96. The number of fused-ring (bicyclic) bond motifs is 15. The van der Waals surface area contributed by atoms with E-state index in [1.807, 2.05) is 186 Å². The molecule has 605 valence electrons. The van der Waals surface area contributed by atoms with Crippen molar-refractivity contribution in [2.45, 2.75) is 72.4 Å². The highest BCUT2D eigenvalue weighted by Crippen LogP contribution is 2.43. The number of phenols is 4. The zero-order valence-electron chi connectivity index (χ0n) is 69.0. The molecule has 0 unspecified atom stereocenters. The van der Waals surface area contributed by atoms with Crippen molar-refractivity contribution in [3.63, 3.8) is 0 Å². The van der Waals surface area contributed by atoms with Crippen LogP contribution in [0.1, 0.15) is 53.5 Å². The second-order valence-corrected chi connectivity index (χ2v) is 33.4. The normalized spacial score (nSPS) is 12.7. The first-order valence-electron chi connectivity index (χ1n) is 40.2. The van der Waals surface area contributed by atoms with E-state index in [0.717, 1.165) is 119 Å². The van der Waals surface area contributed by atoms with Crippen molar-refractivity contribution in [3.05, 3.63) is 361 Å². The summed E-state index contributed by atoms with van der Waals surface area (Å²) in [6.45, 7) is 10.2. The van der Waals surface area contributed by atoms with E-state index in [1.54, 1.807) is 13.2 Å². The van der Waals surface area contributed by atoms with Crippen LogP contribution in [0, 0.1) is 34.6 Å². The number of aromatic nitrogens is 5. The van der Waals surface area contributed by atoms with E-state index >= 15 is 0 Å². The number of methoxy groups -OCH3 is 1. The number of nitrogens with two attached hydrogens (primary N) is 2. The number of nitrogens with one attached hydrogen (secondary N) is 1. The highest BCUT2D eigenvalue weighted by Gasteiger charge is 2.22. The SMILES string of the molecule is COc1ccc(C)cc1Br.Cc1cc(Br)c(O)c(-n2c3ccccc3c3ccccc32)c1.Cc1cc(Br)c(O)c(-n2c3ccccc3c3ccccc32)c1.Cc1cc(Br)c(O)c(-n2c3ccccc3c3ccccc32)c1.Cc1ccc(O)c(-n2c3ccccc3c3ccccc32)c1.N[C@@H]1CCCC[C@H]1N.[B][B].[B][B][B].c1ccc2c(c1)[nH]c1ccccc12. The number of benzene rings is 15. The Hall–Kier alpha value is -11.5. The van der Waals surface area contributed by atoms with Crippen LogP contribution in [0.5, 0.6) is 28.7 Å². The maximum Gasteiger partial charge on any atom is 0.153 e. The molecule has 5 aromatic heterocycles. The average Bonchev–Trinajstić information content (AvgIpc) is 1.62. The largest absolute Gasteiger partial charge is 0.506 e. The fourth-order valence-corrected chi connectivity index (χ4v) is 18.3. The molecular formula is C102H89B5Br4N7O5. The lowest BCUT2D eigenvalue weighted by molar-refractivity contribution is 0.385. The number of aromatic hydroxyl groups is 4. The van der Waals surface area contributed by atoms with Crippen molar-refractivity contribution >= 4 is 211 Å². The van der Waals surface area contributed by atoms with E-state index in [4.69, 9.17) is 16.2 Å². The fraction of sp³-hybridized carbons (Fsp3) is 0.118. The third kappa shape index (κ3) is 19.6. The van der Waals surface area contributed by atoms with Gasteiger partial charge in [-0.1, -0.05) is 207 Å². The molecule has 12 nitrogen and oxygen atoms in total. The lowest BCUT2D eigenvalue weighted by Gasteiger charge is -2.24. The number of hydrogen-bond donors (Lipinski definition) is 7. The number of aromatic amines is 1. The molecule has 9 radical (unpaired) electrons. The van der Waals surface area contributed by atoms with E-state index in [0.29, 0.717) is 19.2 Å². The van der Waals surface area contributed by atoms with Crippen LogP contribution in [-0.2, 0) is 0 Å². The van der Waals surface area contributed by atoms with Gasteiger partial charge >= 0.3 is 0 Å². The van der Waals surface area contributed by atoms with Gasteiger partial charge in [0, 0.05) is 115 Å². The first-order valence-corrected chi connectivity index (χ1v) is 43.4. The Morgan fingerprint density at radius 2 is 0.545 bits per heavy atom. The quantitative estimate of drug-likeness (QED) is 0.0839. The highest BCUT2D eigenvalue weighted by atomic mass is 79.9. The molecule has 5 heterocycles. The summed E-state index contributed by atoms with van der Waals surface area (Å²) >= 11 is 13.7. The van der Waals surface area contributed by atoms with Gasteiger partial charge in [0.25, 0.3) is 0 Å². The molecule has 1 fully saturated rings. The van der Waals surface area contributed by atoms with Gasteiger partial charge in [0.1, 0.15) is 11.5 Å². The van der Waals surface area contributed by atoms with Crippen LogP contribution in [-0.4, -0.2) is 101 Å². The van der Waals surface area contributed by atoms with Gasteiger partial charge in [-0.2, -0.15) is 0 Å². The Balaban J connectivity index is 0.000000125. The number of hydrogen-bond acceptors (Lipinski definition) is 7. The van der Waals surface area contributed by atoms with E-state index in [2.05, 4.69) is 276 Å². The first kappa shape index (κ1) is 89.2. The minimum absolute atomic E-state index is 0.261. The molecule has 0 amide bonds. The summed E-state index contributed by atoms with van der Waals surface area (Å²) in [6.07, 6.45) is 4.80. The molecule has 21 heteroatoms. The minimum atomic E-state index is 0.261. The van der Waals surface area contributed by atoms with Crippen LogP contribution in [0.2, 0.25) is 0 Å². The Labute approximate surface area is 756 Å². The lowest BCUT2D eigenvalue weighted by Crippen LogP contribution is -2.43. The van der Waals surface area contributed by atoms with Gasteiger partial charge in [0.2, 0.25) is 0 Å². The lowest BCUT2D eigenvalue weighted by atomic mass is 9.40. The number of aryl methyl sites for hydroxylation is 5. The van der Waals surface area contributed by atoms with Crippen LogP contribution in [0.15, 0.2) is 333 Å². The van der Waals surface area contributed by atoms with Crippen molar-refractivity contribution in [1.82, 2.24) is 23.3 Å². The van der Waals surface area contributed by atoms with Crippen LogP contribution >= 0.6 is 63.7 Å². The standard InChI is InChI=1S/3C19H14BrNO.C19H15NO.C12H9N.C8H9BrO.C6H14N2.B3.B2/c3*1-12-10-15(20)19(22)18(11-12)21-16-8-4-2-6-13(16)14-7-3-5-9-17(14)21;1-13-10-11-19(21)18(12-13)20-16-8-4-2-6-14(16)15-7-3-5-9-17(15)20;1-3-7-11-9(5-1)10-6-2-4-8-12(10)13-11;1-6-3-4-8(10-2)7(9)5-6;7-5-3-1-2-4-6(5)8;1-3-2;1-2/h3*2-11,22H,1H3;2-12,21H,1H3;1-8,13H;3-5H,1-2H3;5-6H,1-4,7-8H2;;/t;;;;;;5-,6-;;/m......1../s1. The molecule has 1 saturated carbocycles. The van der Waals surface area contributed by atoms with E-state index < -0.39 is 0 Å². The molecule has 0 bridgehead atoms. The molecule has 9 N–H and O–H groups in total. The van der Waals surface area contributed by atoms with Crippen LogP contribution in [0.25, 0.3) is 132 Å². The number of ether oxygens (including phenoxy) is 1. The second-order valence-electron chi connectivity index (χ2n) is 30.0. The molecule has 1 aliphatic rings. The van der Waals surface area contributed by atoms with E-state index in [1.165, 1.54) is 83.3 Å². The van der Waals surface area contributed by atoms with Gasteiger partial charge < -0.3 is 59.9 Å². The van der Waals surface area contributed by atoms with E-state index in [-0.39, 0.29) is 29.3 Å². The van der Waals surface area contributed by atoms with Gasteiger partial charge in [-0.25, -0.2) is 0 Å². The number of phenolic OH excluding ortho intramolecular Hbond substituents is 4. The fourth-order valence-electron chi connectivity index (χ4n) is 16.0. The van der Waals surface area contributed by atoms with Crippen LogP contribution in [0.3, 0.4) is 0 Å². The number of rotatable bonds is 5. The number of nitrogens with zero attached hydrogens (tertiary/aromatic N) is 4. The summed E-state index contributed by atoms with van der Waals surface area (Å²) in [4.78, 5) is 3.38. The van der Waals surface area contributed by atoms with Crippen LogP contribution in [0.4, 0.5) is 0 Å². The maximum atomic E-state index is 10.5. The van der Waals surface area contributed by atoms with Crippen LogP contribution < -0.4 is 16.2 Å². The first-order chi connectivity index (χ1) is 59.7. The zero-order chi connectivity index (χ0) is 87.1. The average molecular weight is 1870 g/mol. The highest BCUT2D eigenvalue weighted by molar-refractivity contribution is 9.11. The van der Waals surface area contributed by atoms with Crippen molar-refractivity contribution in [1.29, 1.82) is 0 Å². The molecule has 2 atom stereocenters. The van der Waals surface area contributed by atoms with Gasteiger partial charge in [0.05, 0.1) is 91.9 Å². The predicted molar refractivity (Wildman–Crippen MR) is 536 cm³/mol. The topological polar surface area (TPSA) is 178 Å². The third-order valence-corrected chi connectivity index (χ3v) is 24.0. The van der Waals surface area contributed by atoms with Gasteiger partial charge in [-0.15, -0.1) is 0 Å². The van der Waals surface area contributed by atoms with E-state index in [9.17, 15) is 20.4 Å². The molecule has 0 aliphatic heterocycles. The molecule has 1 aliphatic carbocycles. The summed E-state index contributed by atoms with van der Waals surface area (Å²) in [6, 6.07) is 107. The molecule has 123 heavy (non-hydrogen) atoms. The Morgan fingerprint density at radius 1 is 0.317 bits per heavy atom. The number of halogens is 4. The Morgan fingerprint density at radius 3 is 0.813 bits per heavy atom. The summed E-state index contributed by atoms with van der Waals surface area (Å²) in [7, 11) is 19.7. The maximum absolute atomic E-state index is 10.5. The second kappa shape index (κ2) is 41.1. The minimum Gasteiger partial charge on any atom is -0.506 e. The van der Waals surface area contributed by atoms with Crippen molar-refractivity contribution in [2.75, 3.05) is 7.11 Å². The smallest absolute Gasteiger partial charge is 0.153 e. The Kier molecular flexibility index (Phi) is 29.8. The Bertz CT molecular complexity index is 6460. The zero-order valence-corrected chi connectivity index (χ0v) is 75.4. The van der Waals surface area contributed by atoms with Gasteiger partial charge in [-0.3, -0.25) is 0 Å². The molecule has 0 spiro atoms. The number of para-hydroxylation sites is 10. The molecular weight excluding hydrogens is 1780 g/mol. The summed E-state index contributed by atoms with van der Waals surface area (Å²) in [5.41, 5.74) is 31.4. The number of H-pyrrole nitrogens is 1.